The fourth-order valence-electron chi connectivity index (χ4n) is 2.91. The molecule has 21 heavy (non-hydrogen) atoms. The lowest BCUT2D eigenvalue weighted by atomic mass is 9.91. The first kappa shape index (κ1) is 20.4. The maximum absolute atomic E-state index is 10.4. The van der Waals surface area contributed by atoms with Crippen LogP contribution in [0.1, 0.15) is 92.4 Å². The van der Waals surface area contributed by atoms with Crippen molar-refractivity contribution in [2.75, 3.05) is 0 Å². The molecule has 1 nitrogen and oxygen atoms in total. The van der Waals surface area contributed by atoms with E-state index in [2.05, 4.69) is 34.6 Å². The molecule has 0 aliphatic carbocycles. The Morgan fingerprint density at radius 3 is 1.76 bits per heavy atom. The molecule has 1 heteroatoms. The van der Waals surface area contributed by atoms with Gasteiger partial charge in [-0.15, -0.1) is 0 Å². The van der Waals surface area contributed by atoms with E-state index in [0.717, 1.165) is 30.5 Å². The third-order valence-electron chi connectivity index (χ3n) is 4.49. The van der Waals surface area contributed by atoms with Gasteiger partial charge in [0.1, 0.15) is 6.29 Å². The first-order valence-corrected chi connectivity index (χ1v) is 9.06. The molecular weight excluding hydrogens is 256 g/mol. The number of rotatable bonds is 13. The monoisotopic (exact) mass is 294 g/mol. The third kappa shape index (κ3) is 14.1. The van der Waals surface area contributed by atoms with Crippen LogP contribution in [0.4, 0.5) is 0 Å². The van der Waals surface area contributed by atoms with Crippen LogP contribution in [-0.2, 0) is 4.79 Å². The minimum atomic E-state index is 0.830. The van der Waals surface area contributed by atoms with Crippen LogP contribution in [0.2, 0.25) is 0 Å². The van der Waals surface area contributed by atoms with Crippen molar-refractivity contribution in [2.45, 2.75) is 92.4 Å². The van der Waals surface area contributed by atoms with Crippen LogP contribution in [-0.4, -0.2) is 6.29 Å². The highest BCUT2D eigenvalue weighted by atomic mass is 16.1. The van der Waals surface area contributed by atoms with Crippen LogP contribution in [0.25, 0.3) is 0 Å². The van der Waals surface area contributed by atoms with E-state index in [1.807, 2.05) is 0 Å². The van der Waals surface area contributed by atoms with Gasteiger partial charge >= 0.3 is 0 Å². The summed E-state index contributed by atoms with van der Waals surface area (Å²) < 4.78 is 0. The van der Waals surface area contributed by atoms with Gasteiger partial charge in [-0.2, -0.15) is 0 Å². The Morgan fingerprint density at radius 1 is 0.810 bits per heavy atom. The molecule has 0 aliphatic heterocycles. The zero-order valence-electron chi connectivity index (χ0n) is 15.2. The van der Waals surface area contributed by atoms with Crippen LogP contribution < -0.4 is 0 Å². The SMILES string of the molecule is CC(=CC=O)CCC[C@H](C)CCC[C@H](C)CCCC(C)C. The lowest BCUT2D eigenvalue weighted by Crippen LogP contribution is -2.00. The minimum Gasteiger partial charge on any atom is -0.299 e. The van der Waals surface area contributed by atoms with Crippen molar-refractivity contribution < 1.29 is 4.79 Å². The average molecular weight is 295 g/mol. The van der Waals surface area contributed by atoms with Crippen molar-refractivity contribution in [1.82, 2.24) is 0 Å². The van der Waals surface area contributed by atoms with Crippen LogP contribution in [0.15, 0.2) is 11.6 Å². The molecule has 0 rings (SSSR count). The lowest BCUT2D eigenvalue weighted by molar-refractivity contribution is -0.104. The molecule has 2 atom stereocenters. The summed E-state index contributed by atoms with van der Waals surface area (Å²) in [6, 6.07) is 0. The molecule has 0 heterocycles. The molecule has 0 aliphatic rings. The van der Waals surface area contributed by atoms with Gasteiger partial charge in [0.05, 0.1) is 0 Å². The number of hydrogen-bond donors (Lipinski definition) is 0. The Balaban J connectivity index is 3.54. The molecule has 0 spiro atoms. The van der Waals surface area contributed by atoms with Crippen LogP contribution in [0.3, 0.4) is 0 Å². The van der Waals surface area contributed by atoms with E-state index < -0.39 is 0 Å². The molecule has 0 unspecified atom stereocenters. The van der Waals surface area contributed by atoms with E-state index in [1.54, 1.807) is 6.08 Å². The second-order valence-corrected chi connectivity index (χ2v) is 7.51. The topological polar surface area (TPSA) is 17.1 Å². The lowest BCUT2D eigenvalue weighted by Gasteiger charge is -2.15. The van der Waals surface area contributed by atoms with E-state index in [-0.39, 0.29) is 0 Å². The van der Waals surface area contributed by atoms with E-state index in [9.17, 15) is 4.79 Å². The number of allylic oxidation sites excluding steroid dienone is 2. The van der Waals surface area contributed by atoms with Crippen molar-refractivity contribution in [3.8, 4) is 0 Å². The maximum atomic E-state index is 10.4. The molecule has 0 radical (unpaired) electrons. The fraction of sp³-hybridized carbons (Fsp3) is 0.850. The minimum absolute atomic E-state index is 0.830. The second-order valence-electron chi connectivity index (χ2n) is 7.51. The van der Waals surface area contributed by atoms with E-state index in [4.69, 9.17) is 0 Å². The molecule has 0 N–H and O–H groups in total. The molecule has 0 aromatic rings. The first-order chi connectivity index (χ1) is 9.95. The molecule has 0 fully saturated rings. The van der Waals surface area contributed by atoms with Crippen LogP contribution >= 0.6 is 0 Å². The zero-order chi connectivity index (χ0) is 16.1. The van der Waals surface area contributed by atoms with Gasteiger partial charge in [-0.3, -0.25) is 4.79 Å². The molecule has 124 valence electrons. The molecule has 0 amide bonds. The number of aldehydes is 1. The molecule has 0 bridgehead atoms. The van der Waals surface area contributed by atoms with Gasteiger partial charge in [0.25, 0.3) is 0 Å². The quantitative estimate of drug-likeness (QED) is 0.277. The summed E-state index contributed by atoms with van der Waals surface area (Å²) in [4.78, 5) is 10.4. The van der Waals surface area contributed by atoms with Gasteiger partial charge in [-0.05, 0) is 43.6 Å². The number of carbonyl (C=O) groups excluding carboxylic acids is 1. The fourth-order valence-corrected chi connectivity index (χ4v) is 2.91. The van der Waals surface area contributed by atoms with Crippen molar-refractivity contribution >= 4 is 6.29 Å². The Bertz CT molecular complexity index is 278. The summed E-state index contributed by atoms with van der Waals surface area (Å²) >= 11 is 0. The zero-order valence-corrected chi connectivity index (χ0v) is 15.2. The van der Waals surface area contributed by atoms with E-state index >= 15 is 0 Å². The summed E-state index contributed by atoms with van der Waals surface area (Å²) in [5, 5.41) is 0. The standard InChI is InChI=1S/C20H38O/c1-17(2)9-6-10-18(3)11-7-12-19(4)13-8-14-20(5)15-16-21/h15-19H,6-14H2,1-5H3/t18-,19-/m1/s1. The summed E-state index contributed by atoms with van der Waals surface area (Å²) in [6.45, 7) is 11.5. The van der Waals surface area contributed by atoms with Crippen LogP contribution in [0.5, 0.6) is 0 Å². The Kier molecular flexibility index (Phi) is 12.7. The van der Waals surface area contributed by atoms with Gasteiger partial charge in [-0.25, -0.2) is 0 Å². The smallest absolute Gasteiger partial charge is 0.142 e. The van der Waals surface area contributed by atoms with Crippen molar-refractivity contribution in [1.29, 1.82) is 0 Å². The maximum Gasteiger partial charge on any atom is 0.142 e. The Hall–Kier alpha value is -0.590. The van der Waals surface area contributed by atoms with Crippen molar-refractivity contribution in [2.24, 2.45) is 17.8 Å². The number of hydrogen-bond acceptors (Lipinski definition) is 1. The summed E-state index contributed by atoms with van der Waals surface area (Å²) in [5.41, 5.74) is 1.22. The Morgan fingerprint density at radius 2 is 1.29 bits per heavy atom. The predicted octanol–water partition coefficient (Wildman–Crippen LogP) is 6.57. The van der Waals surface area contributed by atoms with Crippen molar-refractivity contribution in [3.05, 3.63) is 11.6 Å². The highest BCUT2D eigenvalue weighted by molar-refractivity contribution is 5.65. The van der Waals surface area contributed by atoms with E-state index in [1.165, 1.54) is 56.9 Å². The number of carbonyl (C=O) groups is 1. The van der Waals surface area contributed by atoms with E-state index in [0.29, 0.717) is 0 Å². The Labute approximate surface area is 133 Å². The van der Waals surface area contributed by atoms with Gasteiger partial charge in [0, 0.05) is 0 Å². The predicted molar refractivity (Wildman–Crippen MR) is 94.5 cm³/mol. The third-order valence-corrected chi connectivity index (χ3v) is 4.49. The average Bonchev–Trinajstić information content (AvgIpc) is 2.38. The molecule has 0 aromatic heterocycles. The molecule has 0 saturated heterocycles. The largest absolute Gasteiger partial charge is 0.299 e. The highest BCUT2D eigenvalue weighted by Gasteiger charge is 2.06. The highest BCUT2D eigenvalue weighted by Crippen LogP contribution is 2.21. The molecular formula is C20H38O. The summed E-state index contributed by atoms with van der Waals surface area (Å²) in [5.74, 6) is 2.58. The van der Waals surface area contributed by atoms with Crippen molar-refractivity contribution in [3.63, 3.8) is 0 Å². The van der Waals surface area contributed by atoms with Gasteiger partial charge < -0.3 is 0 Å². The second kappa shape index (κ2) is 13.1. The van der Waals surface area contributed by atoms with Gasteiger partial charge in [0.2, 0.25) is 0 Å². The first-order valence-electron chi connectivity index (χ1n) is 9.06. The van der Waals surface area contributed by atoms with Crippen LogP contribution in [0, 0.1) is 17.8 Å². The summed E-state index contributed by atoms with van der Waals surface area (Å²) in [6.07, 6.45) is 14.5. The molecule has 0 saturated carbocycles. The summed E-state index contributed by atoms with van der Waals surface area (Å²) in [7, 11) is 0. The van der Waals surface area contributed by atoms with Gasteiger partial charge in [-0.1, -0.05) is 78.2 Å². The van der Waals surface area contributed by atoms with Gasteiger partial charge in [0.15, 0.2) is 0 Å². The normalized spacial score (nSPS) is 15.2. The molecule has 0 aromatic carbocycles.